The number of piperidine rings is 1. The topological polar surface area (TPSA) is 37.3 Å². The standard InChI is InChI=1S/C21H25N3O/c25-20(16-6-1-2-7-16)23-14-11-21(12-15-23)19-10-5-13-24(19)18-9-4-3-8-17(18)22-21/h3-5,8-10,13,16,22H,1-2,6-7,11-12,14-15H2. The van der Waals surface area contributed by atoms with Gasteiger partial charge in [-0.3, -0.25) is 4.79 Å². The first-order valence-electron chi connectivity index (χ1n) is 9.61. The molecule has 25 heavy (non-hydrogen) atoms. The average molecular weight is 335 g/mol. The van der Waals surface area contributed by atoms with E-state index in [-0.39, 0.29) is 11.5 Å². The Kier molecular flexibility index (Phi) is 3.40. The number of amides is 1. The van der Waals surface area contributed by atoms with Gasteiger partial charge in [0.25, 0.3) is 0 Å². The molecule has 0 atom stereocenters. The third-order valence-electron chi connectivity index (χ3n) is 6.41. The molecule has 3 aliphatic rings. The lowest BCUT2D eigenvalue weighted by atomic mass is 9.82. The van der Waals surface area contributed by atoms with E-state index in [0.29, 0.717) is 5.91 Å². The summed E-state index contributed by atoms with van der Waals surface area (Å²) in [6, 6.07) is 12.9. The minimum atomic E-state index is -0.0513. The van der Waals surface area contributed by atoms with Gasteiger partial charge in [0.05, 0.1) is 16.9 Å². The van der Waals surface area contributed by atoms with E-state index in [1.54, 1.807) is 0 Å². The maximum atomic E-state index is 12.8. The summed E-state index contributed by atoms with van der Waals surface area (Å²) in [5.74, 6) is 0.692. The maximum absolute atomic E-state index is 12.8. The molecule has 5 rings (SSSR count). The zero-order valence-corrected chi connectivity index (χ0v) is 14.6. The average Bonchev–Trinajstić information content (AvgIpc) is 3.34. The van der Waals surface area contributed by atoms with E-state index < -0.39 is 0 Å². The van der Waals surface area contributed by atoms with Gasteiger partial charge in [-0.1, -0.05) is 25.0 Å². The predicted molar refractivity (Wildman–Crippen MR) is 98.8 cm³/mol. The van der Waals surface area contributed by atoms with Crippen LogP contribution in [0.4, 0.5) is 5.69 Å². The molecule has 1 saturated heterocycles. The van der Waals surface area contributed by atoms with Crippen molar-refractivity contribution in [1.82, 2.24) is 9.47 Å². The van der Waals surface area contributed by atoms with Gasteiger partial charge in [-0.15, -0.1) is 0 Å². The van der Waals surface area contributed by atoms with Crippen LogP contribution in [-0.2, 0) is 10.3 Å². The second kappa shape index (κ2) is 5.65. The fourth-order valence-electron chi connectivity index (χ4n) is 5.01. The highest BCUT2D eigenvalue weighted by Crippen LogP contribution is 2.43. The van der Waals surface area contributed by atoms with Gasteiger partial charge in [0.15, 0.2) is 0 Å². The van der Waals surface area contributed by atoms with Crippen LogP contribution in [0.3, 0.4) is 0 Å². The maximum Gasteiger partial charge on any atom is 0.225 e. The van der Waals surface area contributed by atoms with Crippen LogP contribution in [0.5, 0.6) is 0 Å². The molecule has 1 saturated carbocycles. The molecular weight excluding hydrogens is 310 g/mol. The number of nitrogens with zero attached hydrogens (tertiary/aromatic N) is 2. The molecular formula is C21H25N3O. The number of hydrogen-bond donors (Lipinski definition) is 1. The van der Waals surface area contributed by atoms with Crippen LogP contribution in [0, 0.1) is 5.92 Å². The Morgan fingerprint density at radius 1 is 1.04 bits per heavy atom. The Morgan fingerprint density at radius 3 is 2.60 bits per heavy atom. The van der Waals surface area contributed by atoms with Crippen LogP contribution < -0.4 is 5.32 Å². The van der Waals surface area contributed by atoms with Crippen molar-refractivity contribution in [3.63, 3.8) is 0 Å². The van der Waals surface area contributed by atoms with Crippen molar-refractivity contribution >= 4 is 11.6 Å². The summed E-state index contributed by atoms with van der Waals surface area (Å²) in [4.78, 5) is 14.9. The van der Waals surface area contributed by atoms with Crippen molar-refractivity contribution in [2.75, 3.05) is 18.4 Å². The number of fused-ring (bicyclic) bond motifs is 4. The molecule has 1 aromatic heterocycles. The Labute approximate surface area is 148 Å². The number of carbonyl (C=O) groups excluding carboxylic acids is 1. The van der Waals surface area contributed by atoms with E-state index in [1.807, 2.05) is 0 Å². The molecule has 1 spiro atoms. The van der Waals surface area contributed by atoms with Crippen LogP contribution in [-0.4, -0.2) is 28.5 Å². The number of benzene rings is 1. The normalized spacial score (nSPS) is 21.7. The van der Waals surface area contributed by atoms with Crippen LogP contribution in [0.2, 0.25) is 0 Å². The minimum Gasteiger partial charge on any atom is -0.372 e. The van der Waals surface area contributed by atoms with E-state index in [4.69, 9.17) is 0 Å². The first kappa shape index (κ1) is 15.1. The van der Waals surface area contributed by atoms with E-state index in [2.05, 4.69) is 57.4 Å². The molecule has 130 valence electrons. The van der Waals surface area contributed by atoms with E-state index in [1.165, 1.54) is 29.9 Å². The quantitative estimate of drug-likeness (QED) is 0.858. The molecule has 1 N–H and O–H groups in total. The SMILES string of the molecule is O=C(C1CCCC1)N1CCC2(CC1)Nc1ccccc1-n1cccc12. The Morgan fingerprint density at radius 2 is 1.80 bits per heavy atom. The van der Waals surface area contributed by atoms with Crippen molar-refractivity contribution in [1.29, 1.82) is 0 Å². The van der Waals surface area contributed by atoms with Gasteiger partial charge in [0.2, 0.25) is 5.91 Å². The highest BCUT2D eigenvalue weighted by Gasteiger charge is 2.43. The number of para-hydroxylation sites is 2. The van der Waals surface area contributed by atoms with Crippen molar-refractivity contribution in [2.45, 2.75) is 44.1 Å². The van der Waals surface area contributed by atoms with Crippen molar-refractivity contribution < 1.29 is 4.79 Å². The monoisotopic (exact) mass is 335 g/mol. The number of rotatable bonds is 1. The fourth-order valence-corrected chi connectivity index (χ4v) is 5.01. The summed E-state index contributed by atoms with van der Waals surface area (Å²) in [5, 5.41) is 3.82. The van der Waals surface area contributed by atoms with Crippen LogP contribution in [0.25, 0.3) is 5.69 Å². The third-order valence-corrected chi connectivity index (χ3v) is 6.41. The molecule has 2 aliphatic heterocycles. The van der Waals surface area contributed by atoms with Gasteiger partial charge in [0.1, 0.15) is 0 Å². The molecule has 3 heterocycles. The number of carbonyl (C=O) groups is 1. The molecule has 1 amide bonds. The predicted octanol–water partition coefficient (Wildman–Crippen LogP) is 3.91. The largest absolute Gasteiger partial charge is 0.372 e. The lowest BCUT2D eigenvalue weighted by molar-refractivity contribution is -0.136. The first-order chi connectivity index (χ1) is 12.3. The highest BCUT2D eigenvalue weighted by molar-refractivity contribution is 5.79. The second-order valence-electron chi connectivity index (χ2n) is 7.79. The zero-order chi connectivity index (χ0) is 16.9. The lowest BCUT2D eigenvalue weighted by Gasteiger charge is -2.46. The van der Waals surface area contributed by atoms with Crippen LogP contribution in [0.1, 0.15) is 44.2 Å². The first-order valence-corrected chi connectivity index (χ1v) is 9.61. The van der Waals surface area contributed by atoms with Crippen LogP contribution >= 0.6 is 0 Å². The molecule has 1 aliphatic carbocycles. The van der Waals surface area contributed by atoms with Crippen molar-refractivity contribution in [3.8, 4) is 5.69 Å². The number of anilines is 1. The van der Waals surface area contributed by atoms with E-state index >= 15 is 0 Å². The fraction of sp³-hybridized carbons (Fsp3) is 0.476. The number of likely N-dealkylation sites (tertiary alicyclic amines) is 1. The number of hydrogen-bond acceptors (Lipinski definition) is 2. The van der Waals surface area contributed by atoms with Gasteiger partial charge < -0.3 is 14.8 Å². The Bertz CT molecular complexity index is 795. The summed E-state index contributed by atoms with van der Waals surface area (Å²) in [5.41, 5.74) is 3.70. The number of nitrogens with one attached hydrogen (secondary N) is 1. The summed E-state index contributed by atoms with van der Waals surface area (Å²) in [7, 11) is 0. The van der Waals surface area contributed by atoms with Gasteiger partial charge >= 0.3 is 0 Å². The molecule has 4 heteroatoms. The highest BCUT2D eigenvalue weighted by atomic mass is 16.2. The van der Waals surface area contributed by atoms with Crippen molar-refractivity contribution in [3.05, 3.63) is 48.3 Å². The molecule has 1 aromatic carbocycles. The zero-order valence-electron chi connectivity index (χ0n) is 14.6. The van der Waals surface area contributed by atoms with E-state index in [0.717, 1.165) is 38.8 Å². The number of aromatic nitrogens is 1. The second-order valence-corrected chi connectivity index (χ2v) is 7.79. The smallest absolute Gasteiger partial charge is 0.225 e. The molecule has 2 aromatic rings. The van der Waals surface area contributed by atoms with Gasteiger partial charge in [-0.2, -0.15) is 0 Å². The third kappa shape index (κ3) is 2.30. The van der Waals surface area contributed by atoms with E-state index in [9.17, 15) is 4.79 Å². The summed E-state index contributed by atoms with van der Waals surface area (Å²) >= 11 is 0. The minimum absolute atomic E-state index is 0.0513. The van der Waals surface area contributed by atoms with Crippen molar-refractivity contribution in [2.24, 2.45) is 5.92 Å². The summed E-state index contributed by atoms with van der Waals surface area (Å²) in [6.07, 6.45) is 8.74. The lowest BCUT2D eigenvalue weighted by Crippen LogP contribution is -2.51. The molecule has 0 bridgehead atoms. The molecule has 2 fully saturated rings. The Hall–Kier alpha value is -2.23. The van der Waals surface area contributed by atoms with Gasteiger partial charge in [-0.05, 0) is 49.9 Å². The van der Waals surface area contributed by atoms with Gasteiger partial charge in [-0.25, -0.2) is 0 Å². The van der Waals surface area contributed by atoms with Gasteiger partial charge in [0, 0.05) is 30.9 Å². The Balaban J connectivity index is 1.40. The van der Waals surface area contributed by atoms with Crippen LogP contribution in [0.15, 0.2) is 42.6 Å². The molecule has 0 radical (unpaired) electrons. The summed E-state index contributed by atoms with van der Waals surface area (Å²) in [6.45, 7) is 1.71. The molecule has 4 nitrogen and oxygen atoms in total. The summed E-state index contributed by atoms with van der Waals surface area (Å²) < 4.78 is 2.32. The molecule has 0 unspecified atom stereocenters.